The Kier molecular flexibility index (Phi) is 11.3. The summed E-state index contributed by atoms with van der Waals surface area (Å²) in [5.74, 6) is -2.51. The molecule has 9 heteroatoms. The lowest BCUT2D eigenvalue weighted by molar-refractivity contribution is -0.134. The smallest absolute Gasteiger partial charge is 0.328 e. The minimum Gasteiger partial charge on any atom is -0.478 e. The fraction of sp³-hybridized carbons (Fsp3) is 0.389. The van der Waals surface area contributed by atoms with E-state index in [1.807, 2.05) is 12.1 Å². The fourth-order valence-electron chi connectivity index (χ4n) is 1.67. The van der Waals surface area contributed by atoms with Gasteiger partial charge in [0.1, 0.15) is 6.61 Å². The van der Waals surface area contributed by atoms with E-state index in [1.165, 1.54) is 0 Å². The van der Waals surface area contributed by atoms with Crippen molar-refractivity contribution in [2.45, 2.75) is 19.3 Å². The third-order valence-corrected chi connectivity index (χ3v) is 3.09. The van der Waals surface area contributed by atoms with Crippen molar-refractivity contribution in [3.8, 4) is 0 Å². The number of rotatable bonds is 11. The zero-order chi connectivity index (χ0) is 23.0. The number of unbranched alkanes of at least 4 members (excludes halogenated alkanes) is 1. The first kappa shape index (κ1) is 19.3. The fourth-order valence-corrected chi connectivity index (χ4v) is 1.80. The molecule has 0 aromatic heterocycles. The monoisotopic (exact) mass is 403 g/mol. The Morgan fingerprint density at radius 2 is 1.81 bits per heavy atom. The number of carboxylic acids is 2. The standard InChI is InChI=1S/C14H21ClN2O2.C4H4O4/c1-18-10-3-2-4-14(17-19-11-9-16)12-5-7-13(15)8-6-12;5-3(6)1-2-4(7)8/h5-8H,2-4,9-11,16H2,1H3;1-2H,(H,5,6)(H,7,8)/b17-14-;2-1+/i1D3;. The normalized spacial score (nSPS) is 13.1. The van der Waals surface area contributed by atoms with Crippen LogP contribution in [-0.4, -0.2) is 54.7 Å². The molecule has 0 aliphatic carbocycles. The Balaban J connectivity index is 0.000000890. The van der Waals surface area contributed by atoms with E-state index in [0.717, 1.165) is 17.7 Å². The molecule has 4 N–H and O–H groups in total. The van der Waals surface area contributed by atoms with Gasteiger partial charge in [0, 0.05) is 37.4 Å². The van der Waals surface area contributed by atoms with Gasteiger partial charge in [-0.3, -0.25) is 0 Å². The van der Waals surface area contributed by atoms with Crippen molar-refractivity contribution in [2.75, 3.05) is 26.8 Å². The number of carbonyl (C=O) groups is 2. The van der Waals surface area contributed by atoms with Gasteiger partial charge in [0.2, 0.25) is 0 Å². The lowest BCUT2D eigenvalue weighted by atomic mass is 10.1. The van der Waals surface area contributed by atoms with Crippen LogP contribution < -0.4 is 5.73 Å². The van der Waals surface area contributed by atoms with Crippen LogP contribution in [0.15, 0.2) is 41.6 Å². The minimum atomic E-state index is -2.34. The van der Waals surface area contributed by atoms with Crippen LogP contribution in [0.25, 0.3) is 0 Å². The molecule has 8 nitrogen and oxygen atoms in total. The average molecular weight is 404 g/mol. The van der Waals surface area contributed by atoms with Crippen molar-refractivity contribution in [1.82, 2.24) is 0 Å². The number of oxime groups is 1. The number of nitrogens with zero attached hydrogens (tertiary/aromatic N) is 1. The van der Waals surface area contributed by atoms with Gasteiger partial charge in [-0.1, -0.05) is 28.9 Å². The highest BCUT2D eigenvalue weighted by atomic mass is 35.5. The van der Waals surface area contributed by atoms with E-state index in [2.05, 4.69) is 5.16 Å². The summed E-state index contributed by atoms with van der Waals surface area (Å²) < 4.78 is 25.6. The maximum absolute atomic E-state index is 9.55. The van der Waals surface area contributed by atoms with Crippen LogP contribution in [0.1, 0.15) is 28.9 Å². The quantitative estimate of drug-likeness (QED) is 0.224. The molecule has 1 rings (SSSR count). The predicted molar refractivity (Wildman–Crippen MR) is 103 cm³/mol. The molecule has 1 aromatic carbocycles. The van der Waals surface area contributed by atoms with Gasteiger partial charge in [-0.25, -0.2) is 9.59 Å². The largest absolute Gasteiger partial charge is 0.478 e. The predicted octanol–water partition coefficient (Wildman–Crippen LogP) is 2.55. The number of hydrogen-bond donors (Lipinski definition) is 3. The molecule has 0 aliphatic heterocycles. The Bertz CT molecular complexity index is 693. The second-order valence-electron chi connectivity index (χ2n) is 4.98. The zero-order valence-corrected chi connectivity index (χ0v) is 15.4. The van der Waals surface area contributed by atoms with E-state index < -0.39 is 19.0 Å². The molecular weight excluding hydrogens is 376 g/mol. The number of benzene rings is 1. The molecule has 0 unspecified atom stereocenters. The zero-order valence-electron chi connectivity index (χ0n) is 17.6. The van der Waals surface area contributed by atoms with Gasteiger partial charge in [0.15, 0.2) is 0 Å². The van der Waals surface area contributed by atoms with Crippen LogP contribution in [0, 0.1) is 0 Å². The summed E-state index contributed by atoms with van der Waals surface area (Å²) in [6, 6.07) is 7.30. The number of carboxylic acid groups (broad SMARTS) is 2. The molecule has 0 spiro atoms. The van der Waals surface area contributed by atoms with Gasteiger partial charge >= 0.3 is 11.9 Å². The molecule has 27 heavy (non-hydrogen) atoms. The first-order valence-corrected chi connectivity index (χ1v) is 8.35. The molecule has 0 aliphatic rings. The molecule has 0 saturated heterocycles. The van der Waals surface area contributed by atoms with Gasteiger partial charge in [0.25, 0.3) is 0 Å². The van der Waals surface area contributed by atoms with Crippen molar-refractivity contribution in [3.05, 3.63) is 47.0 Å². The summed E-state index contributed by atoms with van der Waals surface area (Å²) in [6.07, 6.45) is 3.13. The van der Waals surface area contributed by atoms with E-state index in [-0.39, 0.29) is 6.61 Å². The SMILES string of the molecule is O=C(O)/C=C/C(=O)O.[2H]C([2H])([2H])OCCCC/C(=N/OCCN)c1ccc(Cl)cc1. The summed E-state index contributed by atoms with van der Waals surface area (Å²) in [5.41, 5.74) is 7.06. The molecule has 0 heterocycles. The van der Waals surface area contributed by atoms with Gasteiger partial charge in [-0.05, 0) is 37.0 Å². The van der Waals surface area contributed by atoms with Gasteiger partial charge in [-0.2, -0.15) is 0 Å². The van der Waals surface area contributed by atoms with Crippen molar-refractivity contribution in [2.24, 2.45) is 10.9 Å². The number of nitrogens with two attached hydrogens (primary N) is 1. The molecule has 0 bridgehead atoms. The van der Waals surface area contributed by atoms with Gasteiger partial charge in [-0.15, -0.1) is 0 Å². The van der Waals surface area contributed by atoms with Crippen LogP contribution in [0.4, 0.5) is 0 Å². The maximum Gasteiger partial charge on any atom is 0.328 e. The molecule has 0 fully saturated rings. The lowest BCUT2D eigenvalue weighted by Gasteiger charge is -2.07. The highest BCUT2D eigenvalue weighted by Crippen LogP contribution is 2.13. The summed E-state index contributed by atoms with van der Waals surface area (Å²) in [5, 5.41) is 20.4. The Labute approximate surface area is 167 Å². The van der Waals surface area contributed by atoms with Gasteiger partial charge < -0.3 is 25.5 Å². The molecule has 150 valence electrons. The molecule has 0 atom stereocenters. The summed E-state index contributed by atoms with van der Waals surface area (Å²) in [6.45, 7) is 0.928. The maximum atomic E-state index is 9.55. The van der Waals surface area contributed by atoms with Crippen LogP contribution >= 0.6 is 11.6 Å². The Morgan fingerprint density at radius 3 is 2.33 bits per heavy atom. The highest BCUT2D eigenvalue weighted by molar-refractivity contribution is 6.30. The van der Waals surface area contributed by atoms with E-state index in [1.54, 1.807) is 12.1 Å². The summed E-state index contributed by atoms with van der Waals surface area (Å²) >= 11 is 5.87. The van der Waals surface area contributed by atoms with Crippen LogP contribution in [0.2, 0.25) is 5.02 Å². The first-order valence-electron chi connectivity index (χ1n) is 9.48. The van der Waals surface area contributed by atoms with E-state index in [0.29, 0.717) is 43.2 Å². The highest BCUT2D eigenvalue weighted by Gasteiger charge is 2.05. The second kappa shape index (κ2) is 15.8. The van der Waals surface area contributed by atoms with Crippen molar-refractivity contribution < 1.29 is 33.5 Å². The molecule has 0 saturated carbocycles. The number of halogens is 1. The summed E-state index contributed by atoms with van der Waals surface area (Å²) in [4.78, 5) is 24.3. The first-order chi connectivity index (χ1) is 14.0. The van der Waals surface area contributed by atoms with Gasteiger partial charge in [0.05, 0.1) is 9.82 Å². The lowest BCUT2D eigenvalue weighted by Crippen LogP contribution is -2.08. The number of methoxy groups -OCH3 is 1. The van der Waals surface area contributed by atoms with Crippen LogP contribution in [-0.2, 0) is 19.2 Å². The molecular formula is C18H25ClN2O6. The van der Waals surface area contributed by atoms with E-state index in [9.17, 15) is 9.59 Å². The number of hydrogen-bond acceptors (Lipinski definition) is 6. The molecule has 0 amide bonds. The minimum absolute atomic E-state index is 0.189. The third-order valence-electron chi connectivity index (χ3n) is 2.84. The van der Waals surface area contributed by atoms with Crippen molar-refractivity contribution >= 4 is 29.3 Å². The number of ether oxygens (including phenoxy) is 1. The van der Waals surface area contributed by atoms with Crippen molar-refractivity contribution in [1.29, 1.82) is 0 Å². The Hall–Kier alpha value is -2.42. The van der Waals surface area contributed by atoms with E-state index >= 15 is 0 Å². The van der Waals surface area contributed by atoms with Crippen molar-refractivity contribution in [3.63, 3.8) is 0 Å². The van der Waals surface area contributed by atoms with Crippen LogP contribution in [0.3, 0.4) is 0 Å². The summed E-state index contributed by atoms with van der Waals surface area (Å²) in [7, 11) is -2.34. The van der Waals surface area contributed by atoms with E-state index in [4.69, 9.17) is 41.2 Å². The Morgan fingerprint density at radius 1 is 1.19 bits per heavy atom. The van der Waals surface area contributed by atoms with Crippen LogP contribution in [0.5, 0.6) is 0 Å². The molecule has 0 radical (unpaired) electrons. The second-order valence-corrected chi connectivity index (χ2v) is 5.42. The third kappa shape index (κ3) is 14.4. The number of aliphatic carboxylic acids is 2. The average Bonchev–Trinajstić information content (AvgIpc) is 2.65. The molecule has 1 aromatic rings. The topological polar surface area (TPSA) is 131 Å².